The highest BCUT2D eigenvalue weighted by molar-refractivity contribution is 5.18. The molecule has 1 rings (SSSR count). The lowest BCUT2D eigenvalue weighted by molar-refractivity contribution is 0.141. The van der Waals surface area contributed by atoms with E-state index in [4.69, 9.17) is 4.74 Å². The van der Waals surface area contributed by atoms with Gasteiger partial charge in [-0.1, -0.05) is 37.3 Å². The van der Waals surface area contributed by atoms with Crippen molar-refractivity contribution in [3.8, 4) is 0 Å². The summed E-state index contributed by atoms with van der Waals surface area (Å²) in [4.78, 5) is 0. The second kappa shape index (κ2) is 5.76. The molecule has 0 bridgehead atoms. The molecule has 0 aliphatic rings. The zero-order chi connectivity index (χ0) is 9.52. The SMILES string of the molecule is CCOCC[C@H](C)c1ccccc1. The fraction of sp³-hybridized carbons (Fsp3) is 0.500. The molecule has 0 unspecified atom stereocenters. The van der Waals surface area contributed by atoms with Gasteiger partial charge in [0.15, 0.2) is 0 Å². The fourth-order valence-corrected chi connectivity index (χ4v) is 1.35. The summed E-state index contributed by atoms with van der Waals surface area (Å²) in [6.45, 7) is 5.97. The fourth-order valence-electron chi connectivity index (χ4n) is 1.35. The Morgan fingerprint density at radius 1 is 1.23 bits per heavy atom. The van der Waals surface area contributed by atoms with E-state index in [1.54, 1.807) is 0 Å². The number of benzene rings is 1. The molecule has 1 aromatic carbocycles. The van der Waals surface area contributed by atoms with Crippen molar-refractivity contribution in [2.45, 2.75) is 26.2 Å². The van der Waals surface area contributed by atoms with Crippen LogP contribution in [0.5, 0.6) is 0 Å². The molecule has 0 saturated carbocycles. The number of ether oxygens (including phenoxy) is 1. The summed E-state index contributed by atoms with van der Waals surface area (Å²) in [6.07, 6.45) is 1.11. The van der Waals surface area contributed by atoms with Crippen molar-refractivity contribution in [3.63, 3.8) is 0 Å². The van der Waals surface area contributed by atoms with Crippen molar-refractivity contribution >= 4 is 0 Å². The molecule has 0 heterocycles. The highest BCUT2D eigenvalue weighted by Gasteiger charge is 2.03. The van der Waals surface area contributed by atoms with Crippen molar-refractivity contribution in [1.29, 1.82) is 0 Å². The highest BCUT2D eigenvalue weighted by atomic mass is 16.5. The van der Waals surface area contributed by atoms with Crippen LogP contribution in [0.25, 0.3) is 0 Å². The van der Waals surface area contributed by atoms with E-state index in [1.807, 2.05) is 6.92 Å². The van der Waals surface area contributed by atoms with Crippen LogP contribution >= 0.6 is 0 Å². The first-order valence-electron chi connectivity index (χ1n) is 4.97. The maximum absolute atomic E-state index is 5.33. The first-order valence-corrected chi connectivity index (χ1v) is 4.97. The van der Waals surface area contributed by atoms with Crippen molar-refractivity contribution < 1.29 is 4.74 Å². The van der Waals surface area contributed by atoms with Gasteiger partial charge in [-0.05, 0) is 24.8 Å². The lowest BCUT2D eigenvalue weighted by atomic mass is 9.98. The largest absolute Gasteiger partial charge is 0.382 e. The molecule has 13 heavy (non-hydrogen) atoms. The minimum absolute atomic E-state index is 0.604. The highest BCUT2D eigenvalue weighted by Crippen LogP contribution is 2.17. The molecule has 0 saturated heterocycles. The molecule has 0 radical (unpaired) electrons. The number of hydrogen-bond donors (Lipinski definition) is 0. The van der Waals surface area contributed by atoms with E-state index in [1.165, 1.54) is 5.56 Å². The number of rotatable bonds is 5. The molecular weight excluding hydrogens is 160 g/mol. The van der Waals surface area contributed by atoms with Gasteiger partial charge in [-0.25, -0.2) is 0 Å². The van der Waals surface area contributed by atoms with Gasteiger partial charge >= 0.3 is 0 Å². The lowest BCUT2D eigenvalue weighted by Gasteiger charge is -2.10. The quantitative estimate of drug-likeness (QED) is 0.629. The molecule has 1 nitrogen and oxygen atoms in total. The predicted octanol–water partition coefficient (Wildman–Crippen LogP) is 3.22. The van der Waals surface area contributed by atoms with E-state index in [2.05, 4.69) is 37.3 Å². The Labute approximate surface area is 80.7 Å². The van der Waals surface area contributed by atoms with Gasteiger partial charge < -0.3 is 4.74 Å². The summed E-state index contributed by atoms with van der Waals surface area (Å²) in [5, 5.41) is 0. The summed E-state index contributed by atoms with van der Waals surface area (Å²) >= 11 is 0. The molecule has 1 aromatic rings. The van der Waals surface area contributed by atoms with Crippen LogP contribution in [0.2, 0.25) is 0 Å². The second-order valence-electron chi connectivity index (χ2n) is 3.30. The molecule has 0 fully saturated rings. The molecule has 0 aliphatic heterocycles. The van der Waals surface area contributed by atoms with Crippen LogP contribution in [-0.2, 0) is 4.74 Å². The summed E-state index contributed by atoms with van der Waals surface area (Å²) < 4.78 is 5.33. The average Bonchev–Trinajstić information content (AvgIpc) is 2.19. The van der Waals surface area contributed by atoms with E-state index in [0.717, 1.165) is 19.6 Å². The van der Waals surface area contributed by atoms with Gasteiger partial charge in [-0.2, -0.15) is 0 Å². The van der Waals surface area contributed by atoms with Gasteiger partial charge in [-0.15, -0.1) is 0 Å². The first kappa shape index (κ1) is 10.3. The van der Waals surface area contributed by atoms with Crippen LogP contribution in [-0.4, -0.2) is 13.2 Å². The lowest BCUT2D eigenvalue weighted by Crippen LogP contribution is -2.00. The first-order chi connectivity index (χ1) is 6.34. The number of hydrogen-bond acceptors (Lipinski definition) is 1. The van der Waals surface area contributed by atoms with Crippen LogP contribution in [0.4, 0.5) is 0 Å². The molecule has 0 aliphatic carbocycles. The Morgan fingerprint density at radius 3 is 2.54 bits per heavy atom. The maximum Gasteiger partial charge on any atom is 0.0471 e. The van der Waals surface area contributed by atoms with Crippen LogP contribution in [0.15, 0.2) is 30.3 Å². The Bertz CT molecular complexity index is 218. The molecule has 1 heteroatoms. The zero-order valence-electron chi connectivity index (χ0n) is 8.49. The smallest absolute Gasteiger partial charge is 0.0471 e. The van der Waals surface area contributed by atoms with Crippen LogP contribution in [0.3, 0.4) is 0 Å². The Balaban J connectivity index is 2.35. The second-order valence-corrected chi connectivity index (χ2v) is 3.30. The van der Waals surface area contributed by atoms with Crippen LogP contribution in [0.1, 0.15) is 31.7 Å². The molecule has 0 amide bonds. The van der Waals surface area contributed by atoms with Gasteiger partial charge in [0.1, 0.15) is 0 Å². The van der Waals surface area contributed by atoms with Gasteiger partial charge in [0, 0.05) is 13.2 Å². The molecular formula is C12H18O. The predicted molar refractivity (Wildman–Crippen MR) is 56.0 cm³/mol. The summed E-state index contributed by atoms with van der Waals surface area (Å²) in [6, 6.07) is 10.6. The Hall–Kier alpha value is -0.820. The summed E-state index contributed by atoms with van der Waals surface area (Å²) in [5.41, 5.74) is 1.40. The standard InChI is InChI=1S/C12H18O/c1-3-13-10-9-11(2)12-7-5-4-6-8-12/h4-8,11H,3,9-10H2,1-2H3/t11-/m0/s1. The molecule has 0 aromatic heterocycles. The van der Waals surface area contributed by atoms with Gasteiger partial charge in [0.05, 0.1) is 0 Å². The minimum atomic E-state index is 0.604. The van der Waals surface area contributed by atoms with Crippen molar-refractivity contribution in [2.24, 2.45) is 0 Å². The van der Waals surface area contributed by atoms with Gasteiger partial charge in [0.2, 0.25) is 0 Å². The van der Waals surface area contributed by atoms with Crippen LogP contribution in [0, 0.1) is 0 Å². The average molecular weight is 178 g/mol. The van der Waals surface area contributed by atoms with Crippen molar-refractivity contribution in [2.75, 3.05) is 13.2 Å². The third kappa shape index (κ3) is 3.60. The molecule has 1 atom stereocenters. The third-order valence-electron chi connectivity index (χ3n) is 2.27. The summed E-state index contributed by atoms with van der Waals surface area (Å²) in [7, 11) is 0. The third-order valence-corrected chi connectivity index (χ3v) is 2.27. The van der Waals surface area contributed by atoms with Crippen molar-refractivity contribution in [1.82, 2.24) is 0 Å². The van der Waals surface area contributed by atoms with Crippen LogP contribution < -0.4 is 0 Å². The van der Waals surface area contributed by atoms with E-state index < -0.39 is 0 Å². The molecule has 72 valence electrons. The van der Waals surface area contributed by atoms with Gasteiger partial charge in [0.25, 0.3) is 0 Å². The van der Waals surface area contributed by atoms with E-state index >= 15 is 0 Å². The van der Waals surface area contributed by atoms with Crippen molar-refractivity contribution in [3.05, 3.63) is 35.9 Å². The van der Waals surface area contributed by atoms with E-state index in [0.29, 0.717) is 5.92 Å². The maximum atomic E-state index is 5.33. The monoisotopic (exact) mass is 178 g/mol. The molecule has 0 N–H and O–H groups in total. The summed E-state index contributed by atoms with van der Waals surface area (Å²) in [5.74, 6) is 0.604. The van der Waals surface area contributed by atoms with Gasteiger partial charge in [-0.3, -0.25) is 0 Å². The minimum Gasteiger partial charge on any atom is -0.382 e. The zero-order valence-corrected chi connectivity index (χ0v) is 8.49. The molecule has 0 spiro atoms. The van der Waals surface area contributed by atoms with E-state index in [-0.39, 0.29) is 0 Å². The van der Waals surface area contributed by atoms with E-state index in [9.17, 15) is 0 Å². The Kier molecular flexibility index (Phi) is 4.55. The topological polar surface area (TPSA) is 9.23 Å². The normalized spacial score (nSPS) is 12.8. The Morgan fingerprint density at radius 2 is 1.92 bits per heavy atom.